The first-order chi connectivity index (χ1) is 13.0. The number of hydrogen-bond acceptors (Lipinski definition) is 8. The van der Waals surface area contributed by atoms with E-state index in [4.69, 9.17) is 19.3 Å². The first-order valence-electron chi connectivity index (χ1n) is 8.26. The van der Waals surface area contributed by atoms with E-state index < -0.39 is 5.97 Å². The second-order valence-corrected chi connectivity index (χ2v) is 5.19. The molecular formula is C18H23N3O6. The minimum absolute atomic E-state index is 0.00676. The molecule has 0 unspecified atom stereocenters. The van der Waals surface area contributed by atoms with Gasteiger partial charge in [-0.2, -0.15) is 9.97 Å². The van der Waals surface area contributed by atoms with Crippen molar-refractivity contribution >= 4 is 12.3 Å². The number of pyridine rings is 1. The number of carbonyl (C=O) groups excluding carboxylic acids is 1. The zero-order valence-corrected chi connectivity index (χ0v) is 15.7. The van der Waals surface area contributed by atoms with Gasteiger partial charge in [0.05, 0.1) is 26.2 Å². The van der Waals surface area contributed by atoms with Crippen molar-refractivity contribution in [2.75, 3.05) is 14.2 Å². The van der Waals surface area contributed by atoms with Crippen molar-refractivity contribution in [1.82, 2.24) is 15.0 Å². The maximum atomic E-state index is 10.8. The molecule has 9 nitrogen and oxygen atoms in total. The number of aromatic nitrogens is 3. The summed E-state index contributed by atoms with van der Waals surface area (Å²) in [6, 6.07) is 4.75. The Bertz CT molecular complexity index is 727. The first kappa shape index (κ1) is 21.8. The van der Waals surface area contributed by atoms with E-state index in [-0.39, 0.29) is 23.4 Å². The lowest BCUT2D eigenvalue weighted by molar-refractivity contribution is -0.141. The molecule has 0 spiro atoms. The van der Waals surface area contributed by atoms with Crippen LogP contribution in [0.1, 0.15) is 37.2 Å². The van der Waals surface area contributed by atoms with E-state index in [1.54, 1.807) is 12.1 Å². The highest BCUT2D eigenvalue weighted by molar-refractivity contribution is 5.76. The number of aldehydes is 1. The maximum absolute atomic E-state index is 10.8. The van der Waals surface area contributed by atoms with E-state index in [0.29, 0.717) is 18.0 Å². The maximum Gasteiger partial charge on any atom is 0.328 e. The third-order valence-corrected chi connectivity index (χ3v) is 3.52. The Labute approximate surface area is 157 Å². The van der Waals surface area contributed by atoms with E-state index in [2.05, 4.69) is 15.0 Å². The minimum Gasteiger partial charge on any atom is -0.481 e. The Hall–Kier alpha value is -3.23. The number of carbonyl (C=O) groups is 2. The van der Waals surface area contributed by atoms with Gasteiger partial charge in [-0.05, 0) is 25.0 Å². The Morgan fingerprint density at radius 3 is 2.19 bits per heavy atom. The quantitative estimate of drug-likeness (QED) is 0.692. The smallest absolute Gasteiger partial charge is 0.328 e. The van der Waals surface area contributed by atoms with Gasteiger partial charge < -0.3 is 19.3 Å². The van der Waals surface area contributed by atoms with Gasteiger partial charge in [0.1, 0.15) is 5.69 Å². The molecule has 2 aromatic heterocycles. The molecule has 0 aliphatic carbocycles. The molecule has 0 fully saturated rings. The van der Waals surface area contributed by atoms with Crippen LogP contribution in [-0.2, 0) is 4.79 Å². The predicted molar refractivity (Wildman–Crippen MR) is 96.5 cm³/mol. The summed E-state index contributed by atoms with van der Waals surface area (Å²) in [7, 11) is 2.93. The largest absolute Gasteiger partial charge is 0.481 e. The summed E-state index contributed by atoms with van der Waals surface area (Å²) in [6.07, 6.45) is 3.56. The lowest BCUT2D eigenvalue weighted by Gasteiger charge is -2.08. The van der Waals surface area contributed by atoms with Crippen molar-refractivity contribution in [2.45, 2.75) is 26.7 Å². The molecule has 0 bridgehead atoms. The fraction of sp³-hybridized carbons (Fsp3) is 0.389. The molecule has 146 valence electrons. The molecule has 0 aromatic carbocycles. The standard InChI is InChI=1S/C12H11N3O4.C6H12O2/c1-17-10-6-11(18-2)15-12(14-10)19-9-4-3-5-13-8(9)7-16;1-3-5(4-2)6(7)8/h3-7H,1-2H3;5H,3-4H2,1-2H3,(H,7,8). The van der Waals surface area contributed by atoms with E-state index in [1.807, 2.05) is 13.8 Å². The van der Waals surface area contributed by atoms with Crippen LogP contribution in [0.15, 0.2) is 24.4 Å². The van der Waals surface area contributed by atoms with Gasteiger partial charge in [-0.3, -0.25) is 9.59 Å². The van der Waals surface area contributed by atoms with Crippen molar-refractivity contribution in [3.05, 3.63) is 30.1 Å². The summed E-state index contributed by atoms with van der Waals surface area (Å²) < 4.78 is 15.4. The third-order valence-electron chi connectivity index (χ3n) is 3.52. The summed E-state index contributed by atoms with van der Waals surface area (Å²) in [5.41, 5.74) is 0.160. The molecule has 0 amide bonds. The topological polar surface area (TPSA) is 121 Å². The summed E-state index contributed by atoms with van der Waals surface area (Å²) in [6.45, 7) is 3.78. The average molecular weight is 377 g/mol. The van der Waals surface area contributed by atoms with Crippen LogP contribution in [0.5, 0.6) is 23.5 Å². The van der Waals surface area contributed by atoms with Gasteiger partial charge in [0.15, 0.2) is 12.0 Å². The Morgan fingerprint density at radius 2 is 1.78 bits per heavy atom. The molecule has 27 heavy (non-hydrogen) atoms. The Morgan fingerprint density at radius 1 is 1.19 bits per heavy atom. The van der Waals surface area contributed by atoms with Crippen molar-refractivity contribution in [3.63, 3.8) is 0 Å². The summed E-state index contributed by atoms with van der Waals surface area (Å²) in [5.74, 6) is 0.0367. The Balaban J connectivity index is 0.000000387. The average Bonchev–Trinajstić information content (AvgIpc) is 2.69. The number of rotatable bonds is 8. The van der Waals surface area contributed by atoms with Gasteiger partial charge in [0.2, 0.25) is 11.8 Å². The van der Waals surface area contributed by atoms with E-state index >= 15 is 0 Å². The number of hydrogen-bond donors (Lipinski definition) is 1. The van der Waals surface area contributed by atoms with E-state index in [1.165, 1.54) is 26.5 Å². The van der Waals surface area contributed by atoms with Crippen LogP contribution in [0.2, 0.25) is 0 Å². The number of carboxylic acid groups (broad SMARTS) is 1. The number of ether oxygens (including phenoxy) is 3. The van der Waals surface area contributed by atoms with E-state index in [9.17, 15) is 9.59 Å². The predicted octanol–water partition coefficient (Wildman–Crippen LogP) is 3.00. The normalized spacial score (nSPS) is 9.81. The third kappa shape index (κ3) is 6.89. The van der Waals surface area contributed by atoms with Crippen molar-refractivity contribution in [2.24, 2.45) is 5.92 Å². The van der Waals surface area contributed by atoms with Gasteiger partial charge in [0.25, 0.3) is 0 Å². The van der Waals surface area contributed by atoms with Crippen LogP contribution in [-0.4, -0.2) is 46.5 Å². The summed E-state index contributed by atoms with van der Waals surface area (Å²) in [4.78, 5) is 32.8. The highest BCUT2D eigenvalue weighted by Crippen LogP contribution is 2.24. The zero-order chi connectivity index (χ0) is 20.2. The molecule has 0 radical (unpaired) electrons. The van der Waals surface area contributed by atoms with Crippen LogP contribution >= 0.6 is 0 Å². The molecule has 9 heteroatoms. The van der Waals surface area contributed by atoms with Gasteiger partial charge in [-0.25, -0.2) is 4.98 Å². The Kier molecular flexibility index (Phi) is 9.21. The van der Waals surface area contributed by atoms with Gasteiger partial charge >= 0.3 is 12.0 Å². The van der Waals surface area contributed by atoms with Gasteiger partial charge in [-0.1, -0.05) is 13.8 Å². The van der Waals surface area contributed by atoms with Crippen LogP contribution in [0, 0.1) is 5.92 Å². The summed E-state index contributed by atoms with van der Waals surface area (Å²) in [5, 5.41) is 8.37. The molecule has 2 heterocycles. The van der Waals surface area contributed by atoms with Gasteiger partial charge in [0, 0.05) is 6.20 Å². The molecular weight excluding hydrogens is 354 g/mol. The monoisotopic (exact) mass is 377 g/mol. The van der Waals surface area contributed by atoms with Crippen LogP contribution < -0.4 is 14.2 Å². The number of nitrogens with zero attached hydrogens (tertiary/aromatic N) is 3. The van der Waals surface area contributed by atoms with Crippen molar-refractivity contribution < 1.29 is 28.9 Å². The molecule has 0 aliphatic rings. The minimum atomic E-state index is -0.671. The fourth-order valence-corrected chi connectivity index (χ4v) is 1.95. The zero-order valence-electron chi connectivity index (χ0n) is 15.7. The highest BCUT2D eigenvalue weighted by Gasteiger charge is 2.11. The molecule has 0 saturated carbocycles. The molecule has 0 atom stereocenters. The summed E-state index contributed by atoms with van der Waals surface area (Å²) >= 11 is 0. The second kappa shape index (κ2) is 11.4. The number of methoxy groups -OCH3 is 2. The van der Waals surface area contributed by atoms with Crippen molar-refractivity contribution in [3.8, 4) is 23.5 Å². The lowest BCUT2D eigenvalue weighted by Crippen LogP contribution is -2.10. The molecule has 1 N–H and O–H groups in total. The number of aliphatic carboxylic acids is 1. The van der Waals surface area contributed by atoms with Gasteiger partial charge in [-0.15, -0.1) is 0 Å². The highest BCUT2D eigenvalue weighted by atomic mass is 16.5. The SMILES string of the molecule is CCC(CC)C(=O)O.COc1cc(OC)nc(Oc2cccnc2C=O)n1. The fourth-order valence-electron chi connectivity index (χ4n) is 1.95. The molecule has 0 aliphatic heterocycles. The van der Waals surface area contributed by atoms with Crippen LogP contribution in [0.25, 0.3) is 0 Å². The molecule has 0 saturated heterocycles. The van der Waals surface area contributed by atoms with Crippen LogP contribution in [0.4, 0.5) is 0 Å². The number of carboxylic acids is 1. The molecule has 2 aromatic rings. The van der Waals surface area contributed by atoms with Crippen molar-refractivity contribution in [1.29, 1.82) is 0 Å². The van der Waals surface area contributed by atoms with Crippen LogP contribution in [0.3, 0.4) is 0 Å². The van der Waals surface area contributed by atoms with E-state index in [0.717, 1.165) is 12.8 Å². The first-order valence-corrected chi connectivity index (χ1v) is 8.26. The lowest BCUT2D eigenvalue weighted by atomic mass is 10.1. The molecule has 2 rings (SSSR count). The second-order valence-electron chi connectivity index (χ2n) is 5.19.